The SMILES string of the molecule is [C-]#[N+]c1ccc(Oc2ccc3c(c2)COB3C)c(OC)c1. The number of methoxy groups -OCH3 is 1. The lowest BCUT2D eigenvalue weighted by atomic mass is 9.64. The second-order valence-corrected chi connectivity index (χ2v) is 4.86. The number of benzene rings is 2. The summed E-state index contributed by atoms with van der Waals surface area (Å²) >= 11 is 0. The molecule has 0 spiro atoms. The van der Waals surface area contributed by atoms with Gasteiger partial charge in [0, 0.05) is 0 Å². The van der Waals surface area contributed by atoms with Crippen molar-refractivity contribution in [2.24, 2.45) is 0 Å². The summed E-state index contributed by atoms with van der Waals surface area (Å²) in [7, 11) is 1.56. The van der Waals surface area contributed by atoms with Gasteiger partial charge in [-0.15, -0.1) is 0 Å². The second kappa shape index (κ2) is 5.51. The Labute approximate surface area is 124 Å². The molecule has 2 aromatic carbocycles. The quantitative estimate of drug-likeness (QED) is 0.637. The predicted molar refractivity (Wildman–Crippen MR) is 81.8 cm³/mol. The van der Waals surface area contributed by atoms with Crippen LogP contribution < -0.4 is 14.9 Å². The molecule has 0 saturated heterocycles. The lowest BCUT2D eigenvalue weighted by Crippen LogP contribution is -2.23. The van der Waals surface area contributed by atoms with Crippen LogP contribution in [0.15, 0.2) is 36.4 Å². The van der Waals surface area contributed by atoms with Gasteiger partial charge in [0.2, 0.25) is 0 Å². The van der Waals surface area contributed by atoms with E-state index in [2.05, 4.69) is 4.85 Å². The van der Waals surface area contributed by atoms with Crippen LogP contribution in [0.1, 0.15) is 5.56 Å². The van der Waals surface area contributed by atoms with Crippen molar-refractivity contribution < 1.29 is 14.1 Å². The van der Waals surface area contributed by atoms with Gasteiger partial charge in [-0.3, -0.25) is 0 Å². The topological polar surface area (TPSA) is 32.0 Å². The van der Waals surface area contributed by atoms with Gasteiger partial charge in [0.1, 0.15) is 5.75 Å². The van der Waals surface area contributed by atoms with Crippen molar-refractivity contribution in [1.29, 1.82) is 0 Å². The molecular formula is C16H14BNO3. The van der Waals surface area contributed by atoms with Crippen LogP contribution in [-0.2, 0) is 11.3 Å². The highest BCUT2D eigenvalue weighted by Crippen LogP contribution is 2.35. The first-order valence-electron chi connectivity index (χ1n) is 6.69. The van der Waals surface area contributed by atoms with Gasteiger partial charge in [-0.1, -0.05) is 19.0 Å². The summed E-state index contributed by atoms with van der Waals surface area (Å²) in [6.07, 6.45) is 0. The van der Waals surface area contributed by atoms with Gasteiger partial charge in [0.15, 0.2) is 17.2 Å². The molecule has 0 atom stereocenters. The second-order valence-electron chi connectivity index (χ2n) is 4.86. The zero-order valence-electron chi connectivity index (χ0n) is 11.9. The maximum Gasteiger partial charge on any atom is 0.324 e. The minimum atomic E-state index is 0.140. The zero-order chi connectivity index (χ0) is 14.8. The highest BCUT2D eigenvalue weighted by Gasteiger charge is 2.23. The first-order chi connectivity index (χ1) is 10.2. The summed E-state index contributed by atoms with van der Waals surface area (Å²) in [6, 6.07) is 11.1. The highest BCUT2D eigenvalue weighted by molar-refractivity contribution is 6.67. The minimum Gasteiger partial charge on any atom is -0.494 e. The van der Waals surface area contributed by atoms with Gasteiger partial charge in [-0.05, 0) is 35.3 Å². The molecule has 0 aliphatic carbocycles. The molecule has 0 radical (unpaired) electrons. The van der Waals surface area contributed by atoms with Crippen molar-refractivity contribution in [3.8, 4) is 17.2 Å². The van der Waals surface area contributed by atoms with E-state index in [-0.39, 0.29) is 6.92 Å². The molecule has 104 valence electrons. The van der Waals surface area contributed by atoms with E-state index in [1.165, 1.54) is 5.46 Å². The van der Waals surface area contributed by atoms with Gasteiger partial charge in [-0.2, -0.15) is 0 Å². The third-order valence-corrected chi connectivity index (χ3v) is 3.55. The summed E-state index contributed by atoms with van der Waals surface area (Å²) in [5.41, 5.74) is 2.88. The van der Waals surface area contributed by atoms with Crippen LogP contribution in [-0.4, -0.2) is 14.0 Å². The van der Waals surface area contributed by atoms with Crippen molar-refractivity contribution in [2.75, 3.05) is 7.11 Å². The number of hydrogen-bond donors (Lipinski definition) is 0. The number of hydrogen-bond acceptors (Lipinski definition) is 3. The lowest BCUT2D eigenvalue weighted by Gasteiger charge is -2.11. The molecule has 0 saturated carbocycles. The molecule has 1 aliphatic rings. The van der Waals surface area contributed by atoms with Crippen LogP contribution >= 0.6 is 0 Å². The van der Waals surface area contributed by atoms with Gasteiger partial charge in [-0.25, -0.2) is 4.85 Å². The van der Waals surface area contributed by atoms with Gasteiger partial charge in [0.05, 0.1) is 20.3 Å². The molecule has 0 unspecified atom stereocenters. The van der Waals surface area contributed by atoms with E-state index in [0.29, 0.717) is 23.8 Å². The summed E-state index contributed by atoms with van der Waals surface area (Å²) in [5.74, 6) is 1.88. The maximum atomic E-state index is 7.02. The fourth-order valence-corrected chi connectivity index (χ4v) is 2.41. The first kappa shape index (κ1) is 13.5. The Kier molecular flexibility index (Phi) is 3.55. The first-order valence-corrected chi connectivity index (χ1v) is 6.69. The number of nitrogens with zero attached hydrogens (tertiary/aromatic N) is 1. The summed E-state index contributed by atoms with van der Waals surface area (Å²) in [5, 5.41) is 0. The van der Waals surface area contributed by atoms with Crippen LogP contribution in [0.2, 0.25) is 6.82 Å². The molecule has 3 rings (SSSR count). The molecule has 0 aromatic heterocycles. The molecule has 4 nitrogen and oxygen atoms in total. The monoisotopic (exact) mass is 279 g/mol. The van der Waals surface area contributed by atoms with Crippen LogP contribution in [0.4, 0.5) is 5.69 Å². The van der Waals surface area contributed by atoms with Crippen LogP contribution in [0.5, 0.6) is 17.2 Å². The standard InChI is InChI=1S/C16H14BNO3/c1-17-14-6-5-13(8-11(14)10-20-17)21-15-7-4-12(18-2)9-16(15)19-3/h4-9H,10H2,1,3H3. The Morgan fingerprint density at radius 1 is 1.19 bits per heavy atom. The van der Waals surface area contributed by atoms with E-state index < -0.39 is 0 Å². The van der Waals surface area contributed by atoms with E-state index in [9.17, 15) is 0 Å². The van der Waals surface area contributed by atoms with E-state index in [1.54, 1.807) is 25.3 Å². The normalized spacial score (nSPS) is 12.7. The molecule has 0 fully saturated rings. The molecule has 1 heterocycles. The Morgan fingerprint density at radius 2 is 2.05 bits per heavy atom. The van der Waals surface area contributed by atoms with Crippen LogP contribution in [0.3, 0.4) is 0 Å². The molecule has 0 bridgehead atoms. The average molecular weight is 279 g/mol. The Morgan fingerprint density at radius 3 is 2.81 bits per heavy atom. The van der Waals surface area contributed by atoms with Gasteiger partial charge in [0.25, 0.3) is 0 Å². The molecular weight excluding hydrogens is 265 g/mol. The number of fused-ring (bicyclic) bond motifs is 1. The number of rotatable bonds is 3. The fourth-order valence-electron chi connectivity index (χ4n) is 2.41. The number of ether oxygens (including phenoxy) is 2. The Balaban J connectivity index is 1.89. The lowest BCUT2D eigenvalue weighted by molar-refractivity contribution is 0.333. The molecule has 1 aliphatic heterocycles. The molecule has 0 N–H and O–H groups in total. The van der Waals surface area contributed by atoms with Gasteiger partial charge >= 0.3 is 6.92 Å². The van der Waals surface area contributed by atoms with Crippen molar-refractivity contribution in [3.63, 3.8) is 0 Å². The largest absolute Gasteiger partial charge is 0.494 e. The van der Waals surface area contributed by atoms with E-state index in [4.69, 9.17) is 20.7 Å². The Bertz CT molecular complexity index is 724. The van der Waals surface area contributed by atoms with Crippen molar-refractivity contribution >= 4 is 18.1 Å². The van der Waals surface area contributed by atoms with Crippen molar-refractivity contribution in [3.05, 3.63) is 53.4 Å². The molecule has 2 aromatic rings. The zero-order valence-corrected chi connectivity index (χ0v) is 11.9. The van der Waals surface area contributed by atoms with Crippen LogP contribution in [0, 0.1) is 6.57 Å². The highest BCUT2D eigenvalue weighted by atomic mass is 16.5. The fraction of sp³-hybridized carbons (Fsp3) is 0.188. The van der Waals surface area contributed by atoms with Gasteiger partial charge < -0.3 is 14.1 Å². The molecule has 5 heteroatoms. The van der Waals surface area contributed by atoms with Crippen molar-refractivity contribution in [2.45, 2.75) is 13.4 Å². The smallest absolute Gasteiger partial charge is 0.324 e. The summed E-state index contributed by atoms with van der Waals surface area (Å²) in [4.78, 5) is 3.38. The maximum absolute atomic E-state index is 7.02. The Hall–Kier alpha value is -2.45. The van der Waals surface area contributed by atoms with E-state index in [1.807, 2.05) is 25.0 Å². The van der Waals surface area contributed by atoms with E-state index >= 15 is 0 Å². The predicted octanol–water partition coefficient (Wildman–Crippen LogP) is 3.40. The van der Waals surface area contributed by atoms with Crippen molar-refractivity contribution in [1.82, 2.24) is 0 Å². The molecule has 0 amide bonds. The average Bonchev–Trinajstić information content (AvgIpc) is 2.88. The minimum absolute atomic E-state index is 0.140. The van der Waals surface area contributed by atoms with Crippen LogP contribution in [0.25, 0.3) is 4.85 Å². The summed E-state index contributed by atoms with van der Waals surface area (Å²) in [6.45, 7) is 9.82. The third-order valence-electron chi connectivity index (χ3n) is 3.55. The molecule has 21 heavy (non-hydrogen) atoms. The third kappa shape index (κ3) is 2.58. The van der Waals surface area contributed by atoms with E-state index in [0.717, 1.165) is 11.3 Å². The summed E-state index contributed by atoms with van der Waals surface area (Å²) < 4.78 is 16.7.